The molecule has 1 saturated heterocycles. The minimum atomic E-state index is -1.02. The minimum absolute atomic E-state index is 0.827. The summed E-state index contributed by atoms with van der Waals surface area (Å²) in [6.07, 6.45) is 20.2. The number of hydrogen-bond acceptors (Lipinski definition) is 0. The molecule has 1 heterocycles. The Hall–Kier alpha value is -0.823. The predicted molar refractivity (Wildman–Crippen MR) is 64.0 cm³/mol. The van der Waals surface area contributed by atoms with Crippen molar-refractivity contribution in [1.29, 1.82) is 0 Å². The number of rotatable bonds is 2. The lowest BCUT2D eigenvalue weighted by Crippen LogP contribution is -2.48. The van der Waals surface area contributed by atoms with Gasteiger partial charge in [-0.25, -0.2) is 0 Å². The van der Waals surface area contributed by atoms with Gasteiger partial charge in [0.1, 0.15) is 0 Å². The first-order chi connectivity index (χ1) is 6.92. The molecule has 3 aliphatic rings. The van der Waals surface area contributed by atoms with Gasteiger partial charge in [-0.3, -0.25) is 0 Å². The summed E-state index contributed by atoms with van der Waals surface area (Å²) in [7, 11) is -1.02. The fourth-order valence-electron chi connectivity index (χ4n) is 3.10. The maximum absolute atomic E-state index is 2.44. The van der Waals surface area contributed by atoms with E-state index in [0.717, 1.165) is 11.1 Å². The summed E-state index contributed by atoms with van der Waals surface area (Å²) >= 11 is 0. The molecule has 0 nitrogen and oxygen atoms in total. The van der Waals surface area contributed by atoms with Crippen LogP contribution >= 0.6 is 0 Å². The van der Waals surface area contributed by atoms with Crippen LogP contribution in [0.4, 0.5) is 0 Å². The second-order valence-corrected chi connectivity index (χ2v) is 9.48. The predicted octanol–water partition coefficient (Wildman–Crippen LogP) is 3.83. The lowest BCUT2D eigenvalue weighted by Gasteiger charge is -2.47. The maximum atomic E-state index is 2.44. The van der Waals surface area contributed by atoms with E-state index in [-0.39, 0.29) is 0 Å². The summed E-state index contributed by atoms with van der Waals surface area (Å²) in [4.78, 5) is 0. The number of allylic oxidation sites excluding steroid dienone is 8. The Labute approximate surface area is 86.7 Å². The van der Waals surface area contributed by atoms with Crippen molar-refractivity contribution < 1.29 is 0 Å². The highest BCUT2D eigenvalue weighted by Crippen LogP contribution is 2.53. The Morgan fingerprint density at radius 3 is 1.43 bits per heavy atom. The van der Waals surface area contributed by atoms with Gasteiger partial charge in [0.2, 0.25) is 0 Å². The topological polar surface area (TPSA) is 0 Å². The van der Waals surface area contributed by atoms with Gasteiger partial charge in [0.05, 0.1) is 8.07 Å². The molecule has 0 aromatic carbocycles. The summed E-state index contributed by atoms with van der Waals surface area (Å²) in [5.41, 5.74) is 1.65. The highest BCUT2D eigenvalue weighted by Gasteiger charge is 2.48. The smallest absolute Gasteiger partial charge is 0.0758 e. The zero-order valence-electron chi connectivity index (χ0n) is 8.39. The van der Waals surface area contributed by atoms with E-state index in [1.54, 1.807) is 0 Å². The van der Waals surface area contributed by atoms with Gasteiger partial charge in [-0.15, -0.1) is 0 Å². The monoisotopic (exact) mass is 200 g/mol. The molecule has 14 heavy (non-hydrogen) atoms. The van der Waals surface area contributed by atoms with Crippen molar-refractivity contribution in [3.8, 4) is 0 Å². The summed E-state index contributed by atoms with van der Waals surface area (Å²) in [6.45, 7) is 0. The molecule has 0 N–H and O–H groups in total. The van der Waals surface area contributed by atoms with Gasteiger partial charge in [0.15, 0.2) is 0 Å². The van der Waals surface area contributed by atoms with Gasteiger partial charge in [-0.2, -0.15) is 0 Å². The fraction of sp³-hybridized carbons (Fsp3) is 0.385. The average Bonchev–Trinajstić information content (AvgIpc) is 2.71. The van der Waals surface area contributed by atoms with E-state index in [1.807, 2.05) is 0 Å². The lowest BCUT2D eigenvalue weighted by atomic mass is 10.4. The van der Waals surface area contributed by atoms with E-state index in [2.05, 4.69) is 48.6 Å². The Morgan fingerprint density at radius 1 is 0.714 bits per heavy atom. The molecule has 0 radical (unpaired) electrons. The van der Waals surface area contributed by atoms with Gasteiger partial charge in [0.25, 0.3) is 0 Å². The van der Waals surface area contributed by atoms with Crippen LogP contribution in [0.25, 0.3) is 0 Å². The van der Waals surface area contributed by atoms with Gasteiger partial charge in [-0.1, -0.05) is 67.1 Å². The highest BCUT2D eigenvalue weighted by molar-refractivity contribution is 6.86. The summed E-state index contributed by atoms with van der Waals surface area (Å²) in [5.74, 6) is 0. The van der Waals surface area contributed by atoms with E-state index >= 15 is 0 Å². The SMILES string of the molecule is C1=CC([Si]2(C3C=CC=C3)CCC2)C=C1. The van der Waals surface area contributed by atoms with E-state index in [9.17, 15) is 0 Å². The van der Waals surface area contributed by atoms with Gasteiger partial charge >= 0.3 is 0 Å². The van der Waals surface area contributed by atoms with Crippen LogP contribution in [0.3, 0.4) is 0 Å². The zero-order valence-corrected chi connectivity index (χ0v) is 9.39. The van der Waals surface area contributed by atoms with Crippen LogP contribution < -0.4 is 0 Å². The maximum Gasteiger partial charge on any atom is 0.0758 e. The molecule has 2 aliphatic carbocycles. The molecular formula is C13H16Si. The van der Waals surface area contributed by atoms with Crippen LogP contribution in [-0.2, 0) is 0 Å². The largest absolute Gasteiger partial charge is 0.0803 e. The second kappa shape index (κ2) is 3.09. The molecular weight excluding hydrogens is 184 g/mol. The normalized spacial score (nSPS) is 28.9. The fourth-order valence-corrected chi connectivity index (χ4v) is 8.03. The Morgan fingerprint density at radius 2 is 1.14 bits per heavy atom. The van der Waals surface area contributed by atoms with E-state index in [1.165, 1.54) is 18.5 Å². The van der Waals surface area contributed by atoms with E-state index < -0.39 is 8.07 Å². The Bertz CT molecular complexity index is 288. The third kappa shape index (κ3) is 1.05. The summed E-state index contributed by atoms with van der Waals surface area (Å²) in [6, 6.07) is 3.07. The molecule has 72 valence electrons. The van der Waals surface area contributed by atoms with Crippen molar-refractivity contribution in [3.63, 3.8) is 0 Å². The zero-order chi connectivity index (χ0) is 9.43. The molecule has 0 aromatic rings. The van der Waals surface area contributed by atoms with Gasteiger partial charge < -0.3 is 0 Å². The molecule has 1 heteroatoms. The van der Waals surface area contributed by atoms with Crippen molar-refractivity contribution >= 4 is 8.07 Å². The van der Waals surface area contributed by atoms with Crippen molar-refractivity contribution in [2.24, 2.45) is 0 Å². The third-order valence-electron chi connectivity index (χ3n) is 4.11. The summed E-state index contributed by atoms with van der Waals surface area (Å²) < 4.78 is 0. The van der Waals surface area contributed by atoms with E-state index in [4.69, 9.17) is 0 Å². The first-order valence-corrected chi connectivity index (χ1v) is 8.19. The van der Waals surface area contributed by atoms with Crippen molar-refractivity contribution in [1.82, 2.24) is 0 Å². The van der Waals surface area contributed by atoms with Gasteiger partial charge in [0, 0.05) is 0 Å². The van der Waals surface area contributed by atoms with Crippen molar-refractivity contribution in [3.05, 3.63) is 48.6 Å². The van der Waals surface area contributed by atoms with Crippen LogP contribution in [0.5, 0.6) is 0 Å². The van der Waals surface area contributed by atoms with E-state index in [0.29, 0.717) is 0 Å². The molecule has 0 bridgehead atoms. The Balaban J connectivity index is 1.90. The second-order valence-electron chi connectivity index (χ2n) is 4.68. The molecule has 0 unspecified atom stereocenters. The van der Waals surface area contributed by atoms with Crippen molar-refractivity contribution in [2.45, 2.75) is 29.6 Å². The first kappa shape index (κ1) is 8.48. The molecule has 0 saturated carbocycles. The highest BCUT2D eigenvalue weighted by atomic mass is 28.3. The molecule has 0 amide bonds. The molecule has 1 fully saturated rings. The van der Waals surface area contributed by atoms with Gasteiger partial charge in [-0.05, 0) is 11.1 Å². The third-order valence-corrected chi connectivity index (χ3v) is 10.1. The van der Waals surface area contributed by atoms with Crippen LogP contribution in [-0.4, -0.2) is 8.07 Å². The molecule has 0 atom stereocenters. The average molecular weight is 200 g/mol. The molecule has 0 spiro atoms. The van der Waals surface area contributed by atoms with Crippen LogP contribution in [0, 0.1) is 0 Å². The number of hydrogen-bond donors (Lipinski definition) is 0. The summed E-state index contributed by atoms with van der Waals surface area (Å²) in [5, 5.41) is 0. The molecule has 1 aliphatic heterocycles. The minimum Gasteiger partial charge on any atom is -0.0803 e. The first-order valence-electron chi connectivity index (χ1n) is 5.62. The van der Waals surface area contributed by atoms with Crippen LogP contribution in [0.1, 0.15) is 6.42 Å². The van der Waals surface area contributed by atoms with Crippen molar-refractivity contribution in [2.75, 3.05) is 0 Å². The standard InChI is InChI=1S/C13H16Si/c1-2-7-12(6-1)14(10-5-11-14)13-8-3-4-9-13/h1-4,6-9,12-13H,5,10-11H2. The molecule has 3 rings (SSSR count). The lowest BCUT2D eigenvalue weighted by molar-refractivity contribution is 0.838. The molecule has 0 aromatic heterocycles. The van der Waals surface area contributed by atoms with Crippen LogP contribution in [0.15, 0.2) is 48.6 Å². The quantitative estimate of drug-likeness (QED) is 0.594. The Kier molecular flexibility index (Phi) is 1.87. The van der Waals surface area contributed by atoms with Crippen LogP contribution in [0.2, 0.25) is 23.2 Å².